The lowest BCUT2D eigenvalue weighted by Crippen LogP contribution is -2.12. The summed E-state index contributed by atoms with van der Waals surface area (Å²) >= 11 is 1.32. The average Bonchev–Trinajstić information content (AvgIpc) is 3.09. The number of methoxy groups -OCH3 is 1. The van der Waals surface area contributed by atoms with Crippen LogP contribution in [0.4, 0.5) is 5.13 Å². The molecule has 3 rings (SSSR count). The number of carbonyl (C=O) groups is 1. The summed E-state index contributed by atoms with van der Waals surface area (Å²) in [4.78, 5) is 16.2. The van der Waals surface area contributed by atoms with Crippen LogP contribution >= 0.6 is 11.3 Å². The fraction of sp³-hybridized carbons (Fsp3) is 0.176. The van der Waals surface area contributed by atoms with Gasteiger partial charge in [0.1, 0.15) is 5.75 Å². The standard InChI is InChI=1S/C17H16N4O2S/c1-23-14-7-3-2-5-12(14)8-9-15(22)19-17-21-20-16(24-17)13-6-4-10-18-11-13/h2-7,10-11H,8-9H2,1H3,(H,19,21,22). The van der Waals surface area contributed by atoms with E-state index in [-0.39, 0.29) is 5.91 Å². The summed E-state index contributed by atoms with van der Waals surface area (Å²) in [6.45, 7) is 0. The van der Waals surface area contributed by atoms with Gasteiger partial charge in [0.25, 0.3) is 0 Å². The van der Waals surface area contributed by atoms with E-state index in [2.05, 4.69) is 20.5 Å². The van der Waals surface area contributed by atoms with E-state index < -0.39 is 0 Å². The number of benzene rings is 1. The maximum atomic E-state index is 12.1. The number of aryl methyl sites for hydroxylation is 1. The predicted molar refractivity (Wildman–Crippen MR) is 93.1 cm³/mol. The zero-order chi connectivity index (χ0) is 16.8. The number of hydrogen-bond acceptors (Lipinski definition) is 6. The fourth-order valence-corrected chi connectivity index (χ4v) is 2.97. The van der Waals surface area contributed by atoms with E-state index in [0.29, 0.717) is 18.0 Å². The van der Waals surface area contributed by atoms with Crippen LogP contribution in [0.5, 0.6) is 5.75 Å². The second-order valence-corrected chi connectivity index (χ2v) is 5.99. The Bertz CT molecular complexity index is 820. The Morgan fingerprint density at radius 3 is 2.88 bits per heavy atom. The number of carbonyl (C=O) groups excluding carboxylic acids is 1. The lowest BCUT2D eigenvalue weighted by molar-refractivity contribution is -0.116. The van der Waals surface area contributed by atoms with Gasteiger partial charge in [-0.25, -0.2) is 0 Å². The lowest BCUT2D eigenvalue weighted by atomic mass is 10.1. The minimum Gasteiger partial charge on any atom is -0.496 e. The minimum absolute atomic E-state index is 0.102. The molecule has 1 aromatic carbocycles. The molecule has 2 aromatic heterocycles. The van der Waals surface area contributed by atoms with Crippen molar-refractivity contribution in [2.24, 2.45) is 0 Å². The number of pyridine rings is 1. The molecule has 24 heavy (non-hydrogen) atoms. The van der Waals surface area contributed by atoms with Crippen LogP contribution in [0.1, 0.15) is 12.0 Å². The van der Waals surface area contributed by atoms with E-state index in [1.165, 1.54) is 11.3 Å². The molecule has 0 spiro atoms. The SMILES string of the molecule is COc1ccccc1CCC(=O)Nc1nnc(-c2cccnc2)s1. The highest BCUT2D eigenvalue weighted by Crippen LogP contribution is 2.25. The molecule has 0 bridgehead atoms. The third-order valence-corrected chi connectivity index (χ3v) is 4.28. The average molecular weight is 340 g/mol. The maximum Gasteiger partial charge on any atom is 0.226 e. The zero-order valence-electron chi connectivity index (χ0n) is 13.1. The summed E-state index contributed by atoms with van der Waals surface area (Å²) in [5, 5.41) is 12.1. The number of amides is 1. The van der Waals surface area contributed by atoms with Crippen molar-refractivity contribution in [3.63, 3.8) is 0 Å². The van der Waals surface area contributed by atoms with Crippen LogP contribution in [0.25, 0.3) is 10.6 Å². The van der Waals surface area contributed by atoms with Crippen molar-refractivity contribution in [1.29, 1.82) is 0 Å². The Kier molecular flexibility index (Phi) is 5.12. The molecule has 0 fully saturated rings. The third kappa shape index (κ3) is 3.94. The Morgan fingerprint density at radius 2 is 2.08 bits per heavy atom. The van der Waals surface area contributed by atoms with Crippen LogP contribution in [0, 0.1) is 0 Å². The van der Waals surface area contributed by atoms with Gasteiger partial charge in [-0.15, -0.1) is 10.2 Å². The molecule has 1 amide bonds. The topological polar surface area (TPSA) is 77.0 Å². The first-order valence-electron chi connectivity index (χ1n) is 7.42. The van der Waals surface area contributed by atoms with Crippen molar-refractivity contribution in [3.05, 3.63) is 54.4 Å². The molecule has 0 saturated heterocycles. The third-order valence-electron chi connectivity index (χ3n) is 3.39. The molecule has 7 heteroatoms. The van der Waals surface area contributed by atoms with Gasteiger partial charge in [-0.05, 0) is 30.2 Å². The van der Waals surface area contributed by atoms with Crippen LogP contribution in [-0.4, -0.2) is 28.2 Å². The molecule has 0 aliphatic heterocycles. The van der Waals surface area contributed by atoms with Crippen LogP contribution in [0.3, 0.4) is 0 Å². The Labute approximate surface area is 143 Å². The van der Waals surface area contributed by atoms with E-state index in [1.54, 1.807) is 19.5 Å². The van der Waals surface area contributed by atoms with Crippen LogP contribution in [-0.2, 0) is 11.2 Å². The molecule has 0 aliphatic carbocycles. The second kappa shape index (κ2) is 7.65. The maximum absolute atomic E-state index is 12.1. The van der Waals surface area contributed by atoms with Gasteiger partial charge in [-0.2, -0.15) is 0 Å². The Morgan fingerprint density at radius 1 is 1.21 bits per heavy atom. The van der Waals surface area contributed by atoms with Gasteiger partial charge in [0.15, 0.2) is 5.01 Å². The van der Waals surface area contributed by atoms with Crippen molar-refractivity contribution in [2.45, 2.75) is 12.8 Å². The van der Waals surface area contributed by atoms with Crippen LogP contribution in [0.2, 0.25) is 0 Å². The molecule has 0 radical (unpaired) electrons. The molecule has 0 saturated carbocycles. The molecule has 3 aromatic rings. The summed E-state index contributed by atoms with van der Waals surface area (Å²) in [6, 6.07) is 11.4. The fourth-order valence-electron chi connectivity index (χ4n) is 2.22. The highest BCUT2D eigenvalue weighted by Gasteiger charge is 2.11. The molecule has 122 valence electrons. The van der Waals surface area contributed by atoms with Gasteiger partial charge in [0.05, 0.1) is 7.11 Å². The van der Waals surface area contributed by atoms with Gasteiger partial charge in [0.2, 0.25) is 11.0 Å². The molecule has 6 nitrogen and oxygen atoms in total. The molecule has 0 unspecified atom stereocenters. The predicted octanol–water partition coefficient (Wildman–Crippen LogP) is 3.18. The van der Waals surface area contributed by atoms with Gasteiger partial charge in [-0.3, -0.25) is 9.78 Å². The normalized spacial score (nSPS) is 10.4. The van der Waals surface area contributed by atoms with E-state index in [0.717, 1.165) is 21.9 Å². The highest BCUT2D eigenvalue weighted by molar-refractivity contribution is 7.18. The number of nitrogens with one attached hydrogen (secondary N) is 1. The second-order valence-electron chi connectivity index (χ2n) is 5.01. The number of para-hydroxylation sites is 1. The molecule has 0 atom stereocenters. The smallest absolute Gasteiger partial charge is 0.226 e. The first kappa shape index (κ1) is 16.1. The van der Waals surface area contributed by atoms with E-state index >= 15 is 0 Å². The Hall–Kier alpha value is -2.80. The van der Waals surface area contributed by atoms with E-state index in [9.17, 15) is 4.79 Å². The van der Waals surface area contributed by atoms with E-state index in [1.807, 2.05) is 36.4 Å². The largest absolute Gasteiger partial charge is 0.496 e. The zero-order valence-corrected chi connectivity index (χ0v) is 13.9. The summed E-state index contributed by atoms with van der Waals surface area (Å²) < 4.78 is 5.29. The number of nitrogens with zero attached hydrogens (tertiary/aromatic N) is 3. The first-order valence-corrected chi connectivity index (χ1v) is 8.23. The van der Waals surface area contributed by atoms with Crippen LogP contribution in [0.15, 0.2) is 48.8 Å². The molecular formula is C17H16N4O2S. The molecule has 0 aliphatic rings. The van der Waals surface area contributed by atoms with Crippen molar-refractivity contribution in [2.75, 3.05) is 12.4 Å². The molecular weight excluding hydrogens is 324 g/mol. The monoisotopic (exact) mass is 340 g/mol. The Balaban J connectivity index is 1.58. The number of rotatable bonds is 6. The lowest BCUT2D eigenvalue weighted by Gasteiger charge is -2.07. The summed E-state index contributed by atoms with van der Waals surface area (Å²) in [7, 11) is 1.63. The number of anilines is 1. The van der Waals surface area contributed by atoms with Gasteiger partial charge >= 0.3 is 0 Å². The highest BCUT2D eigenvalue weighted by atomic mass is 32.1. The van der Waals surface area contributed by atoms with E-state index in [4.69, 9.17) is 4.74 Å². The van der Waals surface area contributed by atoms with Crippen molar-refractivity contribution < 1.29 is 9.53 Å². The van der Waals surface area contributed by atoms with Crippen molar-refractivity contribution in [3.8, 4) is 16.3 Å². The van der Waals surface area contributed by atoms with Gasteiger partial charge in [0, 0.05) is 24.4 Å². The first-order chi connectivity index (χ1) is 11.8. The molecule has 2 heterocycles. The van der Waals surface area contributed by atoms with Crippen LogP contribution < -0.4 is 10.1 Å². The van der Waals surface area contributed by atoms with Crippen molar-refractivity contribution >= 4 is 22.4 Å². The quantitative estimate of drug-likeness (QED) is 0.746. The number of aromatic nitrogens is 3. The molecule has 1 N–H and O–H groups in total. The van der Waals surface area contributed by atoms with Crippen molar-refractivity contribution in [1.82, 2.24) is 15.2 Å². The van der Waals surface area contributed by atoms with Gasteiger partial charge < -0.3 is 10.1 Å². The summed E-state index contributed by atoms with van der Waals surface area (Å²) in [5.74, 6) is 0.690. The van der Waals surface area contributed by atoms with Gasteiger partial charge in [-0.1, -0.05) is 29.5 Å². The minimum atomic E-state index is -0.102. The number of hydrogen-bond donors (Lipinski definition) is 1. The summed E-state index contributed by atoms with van der Waals surface area (Å²) in [5.41, 5.74) is 1.88. The number of ether oxygens (including phenoxy) is 1. The summed E-state index contributed by atoms with van der Waals surface area (Å²) in [6.07, 6.45) is 4.37.